The van der Waals surface area contributed by atoms with Gasteiger partial charge in [0, 0.05) is 24.3 Å². The zero-order valence-electron chi connectivity index (χ0n) is 10.7. The van der Waals surface area contributed by atoms with Gasteiger partial charge in [-0.1, -0.05) is 15.9 Å². The van der Waals surface area contributed by atoms with Crippen molar-refractivity contribution in [1.82, 2.24) is 4.90 Å². The number of halogens is 2. The van der Waals surface area contributed by atoms with Gasteiger partial charge in [0.15, 0.2) is 0 Å². The second-order valence-corrected chi connectivity index (χ2v) is 6.26. The smallest absolute Gasteiger partial charge is 0.410 e. The predicted molar refractivity (Wildman–Crippen MR) is 69.2 cm³/mol. The highest BCUT2D eigenvalue weighted by Gasteiger charge is 2.32. The lowest BCUT2D eigenvalue weighted by Gasteiger charge is -2.35. The number of nitrogens with zero attached hydrogens (tertiary/aromatic N) is 1. The lowest BCUT2D eigenvalue weighted by molar-refractivity contribution is 0.00649. The van der Waals surface area contributed by atoms with Gasteiger partial charge < -0.3 is 9.64 Å². The number of hydrogen-bond acceptors (Lipinski definition) is 2. The van der Waals surface area contributed by atoms with Gasteiger partial charge in [0.2, 0.25) is 0 Å². The van der Waals surface area contributed by atoms with Gasteiger partial charge in [0.1, 0.15) is 11.8 Å². The molecule has 0 saturated carbocycles. The fraction of sp³-hybridized carbons (Fsp3) is 0.917. The van der Waals surface area contributed by atoms with E-state index in [9.17, 15) is 9.18 Å². The highest BCUT2D eigenvalue weighted by atomic mass is 79.9. The van der Waals surface area contributed by atoms with Gasteiger partial charge in [-0.3, -0.25) is 0 Å². The Balaban J connectivity index is 2.52. The van der Waals surface area contributed by atoms with Crippen molar-refractivity contribution in [1.29, 1.82) is 0 Å². The van der Waals surface area contributed by atoms with Crippen LogP contribution in [-0.4, -0.2) is 41.2 Å². The molecule has 0 aliphatic carbocycles. The number of rotatable bonds is 2. The van der Waals surface area contributed by atoms with Crippen LogP contribution in [0.25, 0.3) is 0 Å². The zero-order valence-corrected chi connectivity index (χ0v) is 12.3. The van der Waals surface area contributed by atoms with Crippen molar-refractivity contribution in [2.24, 2.45) is 5.92 Å². The van der Waals surface area contributed by atoms with E-state index in [1.807, 2.05) is 20.8 Å². The molecule has 5 heteroatoms. The second kappa shape index (κ2) is 6.03. The van der Waals surface area contributed by atoms with E-state index in [0.717, 1.165) is 11.8 Å². The number of likely N-dealkylation sites (tertiary alicyclic amines) is 1. The minimum Gasteiger partial charge on any atom is -0.444 e. The third-order valence-electron chi connectivity index (χ3n) is 2.77. The summed E-state index contributed by atoms with van der Waals surface area (Å²) in [4.78, 5) is 13.5. The first-order valence-corrected chi connectivity index (χ1v) is 7.13. The van der Waals surface area contributed by atoms with Crippen LogP contribution in [0.2, 0.25) is 0 Å². The Labute approximate surface area is 111 Å². The maximum atomic E-state index is 13.6. The summed E-state index contributed by atoms with van der Waals surface area (Å²) in [7, 11) is 0. The number of alkyl halides is 2. The first kappa shape index (κ1) is 14.7. The molecule has 0 bridgehead atoms. The Hall–Kier alpha value is -0.320. The molecule has 1 heterocycles. The summed E-state index contributed by atoms with van der Waals surface area (Å²) < 4.78 is 18.9. The van der Waals surface area contributed by atoms with E-state index < -0.39 is 11.8 Å². The molecule has 1 rings (SSSR count). The van der Waals surface area contributed by atoms with Crippen LogP contribution in [-0.2, 0) is 4.74 Å². The molecular formula is C12H21BrFNO2. The maximum absolute atomic E-state index is 13.6. The van der Waals surface area contributed by atoms with Crippen LogP contribution in [0.15, 0.2) is 0 Å². The minimum absolute atomic E-state index is 0.0735. The van der Waals surface area contributed by atoms with Gasteiger partial charge in [0.25, 0.3) is 0 Å². The van der Waals surface area contributed by atoms with Crippen LogP contribution >= 0.6 is 15.9 Å². The SMILES string of the molecule is CC(C)(C)OC(=O)N1CCC(F)C(CCBr)C1. The van der Waals surface area contributed by atoms with Crippen LogP contribution in [0.1, 0.15) is 33.6 Å². The molecule has 17 heavy (non-hydrogen) atoms. The Morgan fingerprint density at radius 1 is 1.53 bits per heavy atom. The molecule has 0 radical (unpaired) electrons. The first-order valence-electron chi connectivity index (χ1n) is 6.01. The summed E-state index contributed by atoms with van der Waals surface area (Å²) in [5, 5.41) is 0.764. The van der Waals surface area contributed by atoms with Crippen molar-refractivity contribution in [2.45, 2.75) is 45.4 Å². The summed E-state index contributed by atoms with van der Waals surface area (Å²) in [5.41, 5.74) is -0.492. The summed E-state index contributed by atoms with van der Waals surface area (Å²) in [6.07, 6.45) is 0.0346. The van der Waals surface area contributed by atoms with Gasteiger partial charge in [-0.2, -0.15) is 0 Å². The van der Waals surface area contributed by atoms with Gasteiger partial charge in [-0.25, -0.2) is 9.18 Å². The fourth-order valence-corrected chi connectivity index (χ4v) is 2.50. The van der Waals surface area contributed by atoms with Crippen molar-refractivity contribution >= 4 is 22.0 Å². The van der Waals surface area contributed by atoms with E-state index in [1.54, 1.807) is 4.90 Å². The molecule has 0 aromatic heterocycles. The summed E-state index contributed by atoms with van der Waals surface area (Å²) in [6.45, 7) is 6.42. The van der Waals surface area contributed by atoms with Crippen LogP contribution in [0.4, 0.5) is 9.18 Å². The van der Waals surface area contributed by atoms with Crippen molar-refractivity contribution in [2.75, 3.05) is 18.4 Å². The summed E-state index contributed by atoms with van der Waals surface area (Å²) >= 11 is 3.32. The normalized spacial score (nSPS) is 25.8. The van der Waals surface area contributed by atoms with E-state index in [2.05, 4.69) is 15.9 Å². The average Bonchev–Trinajstić information content (AvgIpc) is 2.19. The van der Waals surface area contributed by atoms with Crippen molar-refractivity contribution in [3.8, 4) is 0 Å². The lowest BCUT2D eigenvalue weighted by atomic mass is 9.94. The van der Waals surface area contributed by atoms with Gasteiger partial charge in [-0.05, 0) is 33.6 Å². The number of hydrogen-bond donors (Lipinski definition) is 0. The topological polar surface area (TPSA) is 29.5 Å². The molecule has 0 aromatic carbocycles. The molecule has 3 nitrogen and oxygen atoms in total. The number of carbonyl (C=O) groups is 1. The van der Waals surface area contributed by atoms with Crippen LogP contribution in [0, 0.1) is 5.92 Å². The largest absolute Gasteiger partial charge is 0.444 e. The van der Waals surface area contributed by atoms with E-state index in [1.165, 1.54) is 0 Å². The van der Waals surface area contributed by atoms with E-state index in [4.69, 9.17) is 4.74 Å². The quantitative estimate of drug-likeness (QED) is 0.732. The predicted octanol–water partition coefficient (Wildman–Crippen LogP) is 3.37. The van der Waals surface area contributed by atoms with Crippen molar-refractivity contribution in [3.05, 3.63) is 0 Å². The monoisotopic (exact) mass is 309 g/mol. The Morgan fingerprint density at radius 2 is 2.18 bits per heavy atom. The number of ether oxygens (including phenoxy) is 1. The summed E-state index contributed by atoms with van der Waals surface area (Å²) in [6, 6.07) is 0. The van der Waals surface area contributed by atoms with Crippen LogP contribution in [0.3, 0.4) is 0 Å². The molecule has 1 fully saturated rings. The van der Waals surface area contributed by atoms with Crippen molar-refractivity contribution < 1.29 is 13.9 Å². The van der Waals surface area contributed by atoms with E-state index >= 15 is 0 Å². The molecule has 100 valence electrons. The highest BCUT2D eigenvalue weighted by molar-refractivity contribution is 9.09. The molecule has 1 aliphatic rings. The maximum Gasteiger partial charge on any atom is 0.410 e. The average molecular weight is 310 g/mol. The second-order valence-electron chi connectivity index (χ2n) is 5.47. The highest BCUT2D eigenvalue weighted by Crippen LogP contribution is 2.25. The third-order valence-corrected chi connectivity index (χ3v) is 3.23. The Bertz CT molecular complexity index is 268. The lowest BCUT2D eigenvalue weighted by Crippen LogP contribution is -2.46. The Morgan fingerprint density at radius 3 is 2.71 bits per heavy atom. The molecule has 2 unspecified atom stereocenters. The molecule has 1 saturated heterocycles. The first-order chi connectivity index (χ1) is 7.83. The molecule has 0 N–H and O–H groups in total. The molecule has 0 aromatic rings. The zero-order chi connectivity index (χ0) is 13.1. The molecule has 1 aliphatic heterocycles. The van der Waals surface area contributed by atoms with Crippen LogP contribution < -0.4 is 0 Å². The van der Waals surface area contributed by atoms with Gasteiger partial charge in [0.05, 0.1) is 0 Å². The standard InChI is InChI=1S/C12H21BrFNO2/c1-12(2,3)17-11(16)15-7-5-10(14)9(8-15)4-6-13/h9-10H,4-8H2,1-3H3. The van der Waals surface area contributed by atoms with Gasteiger partial charge in [-0.15, -0.1) is 0 Å². The van der Waals surface area contributed by atoms with E-state index in [0.29, 0.717) is 19.5 Å². The Kier molecular flexibility index (Phi) is 5.22. The third kappa shape index (κ3) is 4.82. The fourth-order valence-electron chi connectivity index (χ4n) is 1.91. The number of piperidine rings is 1. The van der Waals surface area contributed by atoms with Gasteiger partial charge >= 0.3 is 6.09 Å². The molecule has 2 atom stereocenters. The molecule has 0 spiro atoms. The number of carbonyl (C=O) groups excluding carboxylic acids is 1. The number of amides is 1. The molecule has 1 amide bonds. The van der Waals surface area contributed by atoms with Crippen LogP contribution in [0.5, 0.6) is 0 Å². The molecular weight excluding hydrogens is 289 g/mol. The van der Waals surface area contributed by atoms with E-state index in [-0.39, 0.29) is 12.0 Å². The van der Waals surface area contributed by atoms with Crippen molar-refractivity contribution in [3.63, 3.8) is 0 Å². The summed E-state index contributed by atoms with van der Waals surface area (Å²) in [5.74, 6) is -0.0735. The minimum atomic E-state index is -0.800.